The van der Waals surface area contributed by atoms with Crippen LogP contribution < -0.4 is 16.0 Å². The zero-order valence-electron chi connectivity index (χ0n) is 16.3. The van der Waals surface area contributed by atoms with Crippen LogP contribution in [-0.4, -0.2) is 21.2 Å². The van der Waals surface area contributed by atoms with Gasteiger partial charge in [0.1, 0.15) is 11.4 Å². The molecule has 0 unspecified atom stereocenters. The fourth-order valence-corrected chi connectivity index (χ4v) is 3.49. The molecule has 0 aliphatic rings. The minimum Gasteiger partial charge on any atom is -0.496 e. The van der Waals surface area contributed by atoms with Crippen molar-refractivity contribution in [3.8, 4) is 5.75 Å². The molecule has 0 N–H and O–H groups in total. The fraction of sp³-hybridized carbons (Fsp3) is 0.174. The number of aryl methyl sites for hydroxylation is 1. The number of rotatable bonds is 5. The summed E-state index contributed by atoms with van der Waals surface area (Å²) in [5.41, 5.74) is 2.48. The van der Waals surface area contributed by atoms with E-state index in [9.17, 15) is 9.59 Å². The molecule has 0 spiro atoms. The predicted molar refractivity (Wildman–Crippen MR) is 113 cm³/mol. The Balaban J connectivity index is 1.93. The van der Waals surface area contributed by atoms with Gasteiger partial charge in [-0.15, -0.1) is 0 Å². The second-order valence-electron chi connectivity index (χ2n) is 6.87. The summed E-state index contributed by atoms with van der Waals surface area (Å²) in [6.45, 7) is 2.46. The Morgan fingerprint density at radius 1 is 0.862 bits per heavy atom. The largest absolute Gasteiger partial charge is 0.496 e. The summed E-state index contributed by atoms with van der Waals surface area (Å²) >= 11 is 0. The van der Waals surface area contributed by atoms with E-state index in [-0.39, 0.29) is 12.1 Å². The van der Waals surface area contributed by atoms with Crippen molar-refractivity contribution in [2.75, 3.05) is 7.11 Å². The van der Waals surface area contributed by atoms with Crippen LogP contribution in [0.1, 0.15) is 16.7 Å². The molecule has 0 radical (unpaired) electrons. The summed E-state index contributed by atoms with van der Waals surface area (Å²) in [6, 6.07) is 18.7. The van der Waals surface area contributed by atoms with E-state index in [1.165, 1.54) is 4.57 Å². The van der Waals surface area contributed by atoms with E-state index in [1.54, 1.807) is 30.0 Å². The van der Waals surface area contributed by atoms with Gasteiger partial charge in [-0.3, -0.25) is 13.9 Å². The van der Waals surface area contributed by atoms with Gasteiger partial charge >= 0.3 is 5.69 Å². The molecule has 2 heterocycles. The van der Waals surface area contributed by atoms with E-state index >= 15 is 0 Å². The third-order valence-corrected chi connectivity index (χ3v) is 5.09. The molecule has 0 aliphatic heterocycles. The zero-order valence-corrected chi connectivity index (χ0v) is 16.3. The highest BCUT2D eigenvalue weighted by Crippen LogP contribution is 2.18. The average Bonchev–Trinajstić information content (AvgIpc) is 2.75. The minimum absolute atomic E-state index is 0.125. The van der Waals surface area contributed by atoms with E-state index in [4.69, 9.17) is 4.74 Å². The molecule has 0 aliphatic carbocycles. The van der Waals surface area contributed by atoms with E-state index in [0.717, 1.165) is 16.7 Å². The second-order valence-corrected chi connectivity index (χ2v) is 6.87. The van der Waals surface area contributed by atoms with Crippen LogP contribution in [0.15, 0.2) is 76.4 Å². The molecule has 4 aromatic rings. The van der Waals surface area contributed by atoms with Gasteiger partial charge in [0.25, 0.3) is 5.56 Å². The second kappa shape index (κ2) is 7.75. The van der Waals surface area contributed by atoms with Crippen molar-refractivity contribution in [3.63, 3.8) is 0 Å². The summed E-state index contributed by atoms with van der Waals surface area (Å²) < 4.78 is 8.20. The number of fused-ring (bicyclic) bond motifs is 1. The molecule has 0 amide bonds. The maximum absolute atomic E-state index is 13.4. The smallest absolute Gasteiger partial charge is 0.333 e. The monoisotopic (exact) mass is 387 g/mol. The van der Waals surface area contributed by atoms with Gasteiger partial charge in [0.15, 0.2) is 0 Å². The molecule has 0 saturated carbocycles. The Labute approximate surface area is 167 Å². The van der Waals surface area contributed by atoms with Gasteiger partial charge < -0.3 is 4.74 Å². The van der Waals surface area contributed by atoms with Crippen LogP contribution in [0.2, 0.25) is 0 Å². The maximum atomic E-state index is 13.4. The van der Waals surface area contributed by atoms with E-state index in [0.29, 0.717) is 23.3 Å². The molecule has 0 saturated heterocycles. The molecule has 0 atom stereocenters. The van der Waals surface area contributed by atoms with Gasteiger partial charge in [0.05, 0.1) is 25.6 Å². The summed E-state index contributed by atoms with van der Waals surface area (Å²) in [5.74, 6) is 0.635. The Morgan fingerprint density at radius 3 is 2.31 bits per heavy atom. The highest BCUT2D eigenvalue weighted by atomic mass is 16.5. The number of hydrogen-bond acceptors (Lipinski definition) is 4. The van der Waals surface area contributed by atoms with Crippen LogP contribution in [0.25, 0.3) is 11.0 Å². The lowest BCUT2D eigenvalue weighted by molar-refractivity contribution is 0.407. The number of pyridine rings is 1. The number of para-hydroxylation sites is 1. The number of methoxy groups -OCH3 is 1. The van der Waals surface area contributed by atoms with Gasteiger partial charge in [-0.2, -0.15) is 0 Å². The molecule has 2 aromatic carbocycles. The minimum atomic E-state index is -0.393. The van der Waals surface area contributed by atoms with Gasteiger partial charge in [-0.05, 0) is 36.2 Å². The summed E-state index contributed by atoms with van der Waals surface area (Å²) in [6.07, 6.45) is 1.60. The van der Waals surface area contributed by atoms with Crippen molar-refractivity contribution in [3.05, 3.63) is 104 Å². The molecule has 29 heavy (non-hydrogen) atoms. The molecule has 2 aromatic heterocycles. The molecular weight excluding hydrogens is 366 g/mol. The Bertz CT molecular complexity index is 1300. The Morgan fingerprint density at radius 2 is 1.55 bits per heavy atom. The van der Waals surface area contributed by atoms with Crippen LogP contribution in [0, 0.1) is 6.92 Å². The van der Waals surface area contributed by atoms with E-state index < -0.39 is 5.69 Å². The third-order valence-electron chi connectivity index (χ3n) is 5.09. The van der Waals surface area contributed by atoms with Crippen molar-refractivity contribution in [1.29, 1.82) is 0 Å². The molecule has 6 nitrogen and oxygen atoms in total. The molecular formula is C23H21N3O3. The normalized spacial score (nSPS) is 11.0. The average molecular weight is 387 g/mol. The number of benzene rings is 2. The standard InChI is InChI=1S/C23H21N3O3/c1-16-8-3-4-9-17(16)14-25-21-19(11-7-13-24-21)22(27)26(23(25)28)15-18-10-5-6-12-20(18)29-2/h3-13H,14-15H2,1-2H3. The van der Waals surface area contributed by atoms with Gasteiger partial charge in [-0.1, -0.05) is 42.5 Å². The molecule has 146 valence electrons. The van der Waals surface area contributed by atoms with Crippen LogP contribution in [0.4, 0.5) is 0 Å². The number of aromatic nitrogens is 3. The van der Waals surface area contributed by atoms with Gasteiger partial charge in [0.2, 0.25) is 0 Å². The molecule has 6 heteroatoms. The zero-order chi connectivity index (χ0) is 20.4. The molecule has 4 rings (SSSR count). The summed E-state index contributed by atoms with van der Waals surface area (Å²) in [4.78, 5) is 30.8. The first kappa shape index (κ1) is 18.7. The highest BCUT2D eigenvalue weighted by molar-refractivity contribution is 5.73. The van der Waals surface area contributed by atoms with Crippen molar-refractivity contribution < 1.29 is 4.74 Å². The summed E-state index contributed by atoms with van der Waals surface area (Å²) in [5, 5.41) is 0.413. The lowest BCUT2D eigenvalue weighted by Gasteiger charge is -2.15. The topological polar surface area (TPSA) is 66.1 Å². The van der Waals surface area contributed by atoms with Gasteiger partial charge in [-0.25, -0.2) is 9.78 Å². The predicted octanol–water partition coefficient (Wildman–Crippen LogP) is 2.97. The van der Waals surface area contributed by atoms with Crippen LogP contribution in [-0.2, 0) is 13.1 Å². The van der Waals surface area contributed by atoms with Crippen molar-refractivity contribution in [2.24, 2.45) is 0 Å². The van der Waals surface area contributed by atoms with Crippen LogP contribution in [0.3, 0.4) is 0 Å². The first-order valence-corrected chi connectivity index (χ1v) is 9.35. The van der Waals surface area contributed by atoms with Gasteiger partial charge in [0, 0.05) is 11.8 Å². The SMILES string of the molecule is COc1ccccc1Cn1c(=O)c2cccnc2n(Cc2ccccc2C)c1=O. The third kappa shape index (κ3) is 3.45. The first-order valence-electron chi connectivity index (χ1n) is 9.35. The lowest BCUT2D eigenvalue weighted by atomic mass is 10.1. The highest BCUT2D eigenvalue weighted by Gasteiger charge is 2.16. The van der Waals surface area contributed by atoms with Crippen LogP contribution >= 0.6 is 0 Å². The van der Waals surface area contributed by atoms with Crippen molar-refractivity contribution >= 4 is 11.0 Å². The number of nitrogens with zero attached hydrogens (tertiary/aromatic N) is 3. The van der Waals surface area contributed by atoms with E-state index in [1.807, 2.05) is 55.5 Å². The van der Waals surface area contributed by atoms with Crippen molar-refractivity contribution in [2.45, 2.75) is 20.0 Å². The Hall–Kier alpha value is -3.67. The quantitative estimate of drug-likeness (QED) is 0.528. The molecule has 0 bridgehead atoms. The summed E-state index contributed by atoms with van der Waals surface area (Å²) in [7, 11) is 1.57. The van der Waals surface area contributed by atoms with Crippen LogP contribution in [0.5, 0.6) is 5.75 Å². The first-order chi connectivity index (χ1) is 14.1. The fourth-order valence-electron chi connectivity index (χ4n) is 3.49. The van der Waals surface area contributed by atoms with E-state index in [2.05, 4.69) is 4.98 Å². The Kier molecular flexibility index (Phi) is 4.99. The number of ether oxygens (including phenoxy) is 1. The maximum Gasteiger partial charge on any atom is 0.333 e. The number of hydrogen-bond donors (Lipinski definition) is 0. The molecule has 0 fully saturated rings. The van der Waals surface area contributed by atoms with Crippen molar-refractivity contribution in [1.82, 2.24) is 14.1 Å². The lowest BCUT2D eigenvalue weighted by Crippen LogP contribution is -2.41.